The molecule has 3 aromatic carbocycles. The van der Waals surface area contributed by atoms with Crippen LogP contribution in [0, 0.1) is 0 Å². The third-order valence-corrected chi connectivity index (χ3v) is 5.07. The monoisotopic (exact) mass is 440 g/mol. The third-order valence-electron chi connectivity index (χ3n) is 5.07. The molecule has 1 unspecified atom stereocenters. The first-order valence-corrected chi connectivity index (χ1v) is 9.86. The first-order valence-electron chi connectivity index (χ1n) is 9.86. The van der Waals surface area contributed by atoms with Crippen molar-refractivity contribution in [1.82, 2.24) is 4.98 Å². The lowest BCUT2D eigenvalue weighted by molar-refractivity contribution is -0.538. The molecule has 1 aromatic heterocycles. The van der Waals surface area contributed by atoms with E-state index in [2.05, 4.69) is 4.57 Å². The third kappa shape index (κ3) is 4.70. The van der Waals surface area contributed by atoms with Gasteiger partial charge in [-0.2, -0.15) is 0 Å². The van der Waals surface area contributed by atoms with Crippen LogP contribution in [-0.4, -0.2) is 52.7 Å². The van der Waals surface area contributed by atoms with Crippen molar-refractivity contribution in [1.29, 1.82) is 0 Å². The number of hydrogen-bond donors (Lipinski definition) is 4. The minimum absolute atomic E-state index is 0. The Hall–Kier alpha value is -2.97. The van der Waals surface area contributed by atoms with Crippen LogP contribution in [0.25, 0.3) is 27.8 Å². The molecule has 0 bridgehead atoms. The van der Waals surface area contributed by atoms with Crippen LogP contribution < -0.4 is 27.6 Å². The Labute approximate surface area is 186 Å². The predicted octanol–water partition coefficient (Wildman–Crippen LogP) is -1.60. The van der Waals surface area contributed by atoms with Gasteiger partial charge in [0.2, 0.25) is 16.7 Å². The number of halogens is 1. The molecule has 162 valence electrons. The number of aliphatic hydroxyl groups excluding tert-OH is 3. The van der Waals surface area contributed by atoms with Crippen molar-refractivity contribution in [3.05, 3.63) is 66.7 Å². The van der Waals surface area contributed by atoms with E-state index in [0.717, 1.165) is 33.4 Å². The Morgan fingerprint density at radius 3 is 2.29 bits per heavy atom. The highest BCUT2D eigenvalue weighted by molar-refractivity contribution is 5.85. The second kappa shape index (κ2) is 9.89. The van der Waals surface area contributed by atoms with Gasteiger partial charge in [-0.05, 0) is 24.3 Å². The number of nitrogens with zero attached hydrogens (tertiary/aromatic N) is 3. The van der Waals surface area contributed by atoms with Crippen molar-refractivity contribution in [2.45, 2.75) is 6.10 Å². The Balaban J connectivity index is 0.00000272. The smallest absolute Gasteiger partial charge is 0.239 e. The zero-order valence-corrected chi connectivity index (χ0v) is 17.7. The second-order valence-corrected chi connectivity index (χ2v) is 7.21. The van der Waals surface area contributed by atoms with Gasteiger partial charge in [0.05, 0.1) is 19.3 Å². The summed E-state index contributed by atoms with van der Waals surface area (Å²) < 4.78 is 2.11. The number of rotatable bonds is 7. The van der Waals surface area contributed by atoms with Crippen LogP contribution in [0.3, 0.4) is 0 Å². The summed E-state index contributed by atoms with van der Waals surface area (Å²) in [4.78, 5) is 6.64. The van der Waals surface area contributed by atoms with Gasteiger partial charge in [0.25, 0.3) is 0 Å². The molecule has 0 radical (unpaired) electrons. The van der Waals surface area contributed by atoms with Crippen molar-refractivity contribution in [2.24, 2.45) is 0 Å². The molecule has 0 aliphatic heterocycles. The molecule has 7 nitrogen and oxygen atoms in total. The maximum absolute atomic E-state index is 9.93. The van der Waals surface area contributed by atoms with Crippen LogP contribution in [0.2, 0.25) is 0 Å². The molecule has 0 saturated carbocycles. The fourth-order valence-corrected chi connectivity index (χ4v) is 3.67. The number of aromatic nitrogens is 2. The standard InChI is InChI=1S/C23H24N4O3.ClH/c24-16-6-8-20-22(12-16)27(17-4-2-1-3-5-17)23-13-18(7-9-21(23)25-20)26(10-11-28)14-19(30)15-29;/h1-9,12-13,19,24,28-30H,10-11,14-15H2;1H. The molecule has 0 aliphatic carbocycles. The van der Waals surface area contributed by atoms with Gasteiger partial charge in [-0.3, -0.25) is 0 Å². The van der Waals surface area contributed by atoms with E-state index in [9.17, 15) is 15.3 Å². The fraction of sp³-hybridized carbons (Fsp3) is 0.217. The predicted molar refractivity (Wildman–Crippen MR) is 118 cm³/mol. The second-order valence-electron chi connectivity index (χ2n) is 7.21. The van der Waals surface area contributed by atoms with E-state index in [1.54, 1.807) is 0 Å². The summed E-state index contributed by atoms with van der Waals surface area (Å²) in [7, 11) is 0. The first kappa shape index (κ1) is 22.7. The van der Waals surface area contributed by atoms with Crippen LogP contribution in [0.4, 0.5) is 11.4 Å². The average molecular weight is 441 g/mol. The van der Waals surface area contributed by atoms with Gasteiger partial charge in [-0.1, -0.05) is 18.2 Å². The highest BCUT2D eigenvalue weighted by Gasteiger charge is 2.21. The number of para-hydroxylation sites is 1. The Bertz CT molecular complexity index is 1170. The summed E-state index contributed by atoms with van der Waals surface area (Å²) in [6.07, 6.45) is -0.900. The summed E-state index contributed by atoms with van der Waals surface area (Å²) >= 11 is 0. The quantitative estimate of drug-likeness (QED) is 0.157. The maximum Gasteiger partial charge on any atom is 0.239 e. The van der Waals surface area contributed by atoms with Gasteiger partial charge in [0.15, 0.2) is 0 Å². The Morgan fingerprint density at radius 1 is 0.935 bits per heavy atom. The van der Waals surface area contributed by atoms with E-state index in [4.69, 9.17) is 10.7 Å². The number of nitrogens with two attached hydrogens (primary N) is 1. The maximum atomic E-state index is 9.93. The van der Waals surface area contributed by atoms with Gasteiger partial charge in [-0.25, -0.2) is 4.98 Å². The van der Waals surface area contributed by atoms with Crippen molar-refractivity contribution >= 4 is 33.4 Å². The lowest BCUT2D eigenvalue weighted by atomic mass is 10.1. The molecular formula is C23H25ClN4O3. The van der Waals surface area contributed by atoms with Crippen LogP contribution in [0.5, 0.6) is 0 Å². The highest BCUT2D eigenvalue weighted by atomic mass is 35.5. The molecule has 0 spiro atoms. The minimum atomic E-state index is -0.900. The lowest BCUT2D eigenvalue weighted by Gasteiger charge is -2.25. The van der Waals surface area contributed by atoms with Gasteiger partial charge in [0, 0.05) is 48.7 Å². The topological polar surface area (TPSA) is 107 Å². The van der Waals surface area contributed by atoms with Crippen molar-refractivity contribution in [2.75, 3.05) is 36.9 Å². The number of benzene rings is 3. The first-order chi connectivity index (χ1) is 14.6. The average Bonchev–Trinajstić information content (AvgIpc) is 2.77. The van der Waals surface area contributed by atoms with Crippen LogP contribution in [-0.2, 0) is 0 Å². The van der Waals surface area contributed by atoms with Gasteiger partial charge in [0.1, 0.15) is 11.0 Å². The summed E-state index contributed by atoms with van der Waals surface area (Å²) in [6.45, 7) is 0.135. The molecule has 1 heterocycles. The number of nitrogen functional groups attached to an aromatic ring is 1. The van der Waals surface area contributed by atoms with Gasteiger partial charge < -0.3 is 38.4 Å². The SMILES string of the molecule is Nc1ccc2nc3ccc(N(CCO)CC(O)CO)cc3[n+](-c3ccccc3)c2c1.[Cl-]. The molecule has 0 fully saturated rings. The fourth-order valence-electron chi connectivity index (χ4n) is 3.67. The van der Waals surface area contributed by atoms with Crippen LogP contribution >= 0.6 is 0 Å². The lowest BCUT2D eigenvalue weighted by Crippen LogP contribution is -3.00. The molecule has 4 rings (SSSR count). The van der Waals surface area contributed by atoms with E-state index in [1.807, 2.05) is 71.6 Å². The summed E-state index contributed by atoms with van der Waals surface area (Å²) in [6, 6.07) is 21.4. The normalized spacial score (nSPS) is 12.0. The zero-order chi connectivity index (χ0) is 21.1. The number of anilines is 2. The molecule has 1 atom stereocenters. The zero-order valence-electron chi connectivity index (χ0n) is 16.9. The highest BCUT2D eigenvalue weighted by Crippen LogP contribution is 2.24. The number of hydrogen-bond acceptors (Lipinski definition) is 6. The van der Waals surface area contributed by atoms with E-state index >= 15 is 0 Å². The molecule has 31 heavy (non-hydrogen) atoms. The minimum Gasteiger partial charge on any atom is -1.00 e. The van der Waals surface area contributed by atoms with Crippen molar-refractivity contribution in [3.63, 3.8) is 0 Å². The molecule has 5 N–H and O–H groups in total. The summed E-state index contributed by atoms with van der Waals surface area (Å²) in [5, 5.41) is 28.7. The van der Waals surface area contributed by atoms with E-state index in [-0.39, 0.29) is 32.2 Å². The van der Waals surface area contributed by atoms with E-state index in [0.29, 0.717) is 12.2 Å². The molecular weight excluding hydrogens is 416 g/mol. The Morgan fingerprint density at radius 2 is 1.61 bits per heavy atom. The number of fused-ring (bicyclic) bond motifs is 2. The molecule has 4 aromatic rings. The number of aliphatic hydroxyl groups is 3. The molecule has 0 aliphatic rings. The molecule has 8 heteroatoms. The summed E-state index contributed by atoms with van der Waals surface area (Å²) in [5.74, 6) is 0. The van der Waals surface area contributed by atoms with Crippen molar-refractivity contribution < 1.29 is 32.3 Å². The molecule has 0 amide bonds. The van der Waals surface area contributed by atoms with Gasteiger partial charge >= 0.3 is 0 Å². The van der Waals surface area contributed by atoms with Crippen molar-refractivity contribution in [3.8, 4) is 5.69 Å². The van der Waals surface area contributed by atoms with E-state index in [1.165, 1.54) is 0 Å². The Kier molecular flexibility index (Phi) is 7.25. The largest absolute Gasteiger partial charge is 1.00 e. The van der Waals surface area contributed by atoms with Crippen LogP contribution in [0.15, 0.2) is 66.7 Å². The van der Waals surface area contributed by atoms with Gasteiger partial charge in [-0.15, -0.1) is 4.57 Å². The van der Waals surface area contributed by atoms with Crippen LogP contribution in [0.1, 0.15) is 0 Å². The van der Waals surface area contributed by atoms with E-state index < -0.39 is 6.10 Å². The summed E-state index contributed by atoms with van der Waals surface area (Å²) in [5.41, 5.74) is 11.9. The molecule has 0 saturated heterocycles.